The third-order valence-corrected chi connectivity index (χ3v) is 5.77. The summed E-state index contributed by atoms with van der Waals surface area (Å²) in [6, 6.07) is 1.02. The summed E-state index contributed by atoms with van der Waals surface area (Å²) < 4.78 is 69.0. The Hall–Kier alpha value is -2.76. The second-order valence-electron chi connectivity index (χ2n) is 8.39. The molecule has 1 saturated carbocycles. The Morgan fingerprint density at radius 2 is 2.03 bits per heavy atom. The molecule has 0 radical (unpaired) electrons. The summed E-state index contributed by atoms with van der Waals surface area (Å²) in [5.74, 6) is -0.416. The maximum Gasteiger partial charge on any atom is 0.425 e. The van der Waals surface area contributed by atoms with Gasteiger partial charge in [-0.25, -0.2) is 4.39 Å². The maximum atomic E-state index is 14.9. The average Bonchev–Trinajstić information content (AvgIpc) is 3.46. The Labute approximate surface area is 180 Å². The molecule has 32 heavy (non-hydrogen) atoms. The summed E-state index contributed by atoms with van der Waals surface area (Å²) in [5, 5.41) is 6.73. The molecule has 0 spiro atoms. The van der Waals surface area contributed by atoms with Gasteiger partial charge in [0.25, 0.3) is 5.91 Å². The van der Waals surface area contributed by atoms with Crippen LogP contribution in [0.4, 0.5) is 17.6 Å². The highest BCUT2D eigenvalue weighted by Gasteiger charge is 2.48. The standard InChI is InChI=1S/C20H22F4N4O4/c1-10(20(22,23)24)31-15-6-14(25-7-13(15)19(21)8-30-9-19)16(29)27-18(3,12-4-5-12)17-26-11(2)32-28-17/h6-7,10,12H,4-5,8-9H2,1-3H3,(H,27,29)/t10-,18?/m0/s1. The van der Waals surface area contributed by atoms with Crippen molar-refractivity contribution in [2.45, 2.75) is 57.1 Å². The number of hydrogen-bond donors (Lipinski definition) is 1. The quantitative estimate of drug-likeness (QED) is 0.636. The molecule has 2 aliphatic rings. The Morgan fingerprint density at radius 1 is 1.34 bits per heavy atom. The fraction of sp³-hybridized carbons (Fsp3) is 0.600. The van der Waals surface area contributed by atoms with Crippen molar-refractivity contribution in [1.29, 1.82) is 0 Å². The zero-order valence-electron chi connectivity index (χ0n) is 17.6. The Morgan fingerprint density at radius 3 is 2.53 bits per heavy atom. The number of ether oxygens (including phenoxy) is 2. The molecule has 1 aliphatic heterocycles. The molecular weight excluding hydrogens is 436 g/mol. The second-order valence-corrected chi connectivity index (χ2v) is 8.39. The minimum Gasteiger partial charge on any atom is -0.481 e. The first-order chi connectivity index (χ1) is 14.9. The molecule has 2 atom stereocenters. The van der Waals surface area contributed by atoms with E-state index in [0.717, 1.165) is 32.0 Å². The maximum absolute atomic E-state index is 14.9. The van der Waals surface area contributed by atoms with Crippen LogP contribution in [0.5, 0.6) is 5.75 Å². The molecule has 1 N–H and O–H groups in total. The first kappa shape index (κ1) is 22.4. The van der Waals surface area contributed by atoms with Gasteiger partial charge < -0.3 is 19.3 Å². The van der Waals surface area contributed by atoms with Crippen LogP contribution in [0.1, 0.15) is 54.5 Å². The van der Waals surface area contributed by atoms with E-state index in [0.29, 0.717) is 11.7 Å². The Kier molecular flexibility index (Phi) is 5.38. The largest absolute Gasteiger partial charge is 0.481 e. The summed E-state index contributed by atoms with van der Waals surface area (Å²) in [6.07, 6.45) is -4.22. The topological polar surface area (TPSA) is 99.4 Å². The highest BCUT2D eigenvalue weighted by Crippen LogP contribution is 2.45. The van der Waals surface area contributed by atoms with Crippen molar-refractivity contribution in [3.63, 3.8) is 0 Å². The van der Waals surface area contributed by atoms with Crippen LogP contribution >= 0.6 is 0 Å². The summed E-state index contributed by atoms with van der Waals surface area (Å²) in [5.41, 5.74) is -3.42. The van der Waals surface area contributed by atoms with Gasteiger partial charge in [-0.1, -0.05) is 5.16 Å². The number of carbonyl (C=O) groups excluding carboxylic acids is 1. The molecular formula is C20H22F4N4O4. The first-order valence-electron chi connectivity index (χ1n) is 10.1. The van der Waals surface area contributed by atoms with Crippen LogP contribution in [0.2, 0.25) is 0 Å². The van der Waals surface area contributed by atoms with Gasteiger partial charge in [0, 0.05) is 19.2 Å². The number of hydrogen-bond acceptors (Lipinski definition) is 7. The van der Waals surface area contributed by atoms with Crippen molar-refractivity contribution in [2.75, 3.05) is 13.2 Å². The lowest BCUT2D eigenvalue weighted by molar-refractivity contribution is -0.190. The fourth-order valence-electron chi connectivity index (χ4n) is 3.50. The van der Waals surface area contributed by atoms with E-state index in [1.54, 1.807) is 13.8 Å². The molecule has 2 aromatic heterocycles. The summed E-state index contributed by atoms with van der Waals surface area (Å²) in [7, 11) is 0. The molecule has 1 saturated heterocycles. The molecule has 12 heteroatoms. The van der Waals surface area contributed by atoms with E-state index in [-0.39, 0.29) is 30.4 Å². The number of aromatic nitrogens is 3. The molecule has 8 nitrogen and oxygen atoms in total. The summed E-state index contributed by atoms with van der Waals surface area (Å²) in [6.45, 7) is 3.48. The summed E-state index contributed by atoms with van der Waals surface area (Å²) in [4.78, 5) is 21.2. The van der Waals surface area contributed by atoms with Crippen LogP contribution in [0, 0.1) is 12.8 Å². The van der Waals surface area contributed by atoms with E-state index in [1.165, 1.54) is 0 Å². The third-order valence-electron chi connectivity index (χ3n) is 5.77. The molecule has 1 amide bonds. The molecule has 4 rings (SSSR count). The van der Waals surface area contributed by atoms with Crippen LogP contribution in [-0.2, 0) is 15.9 Å². The van der Waals surface area contributed by atoms with Crippen molar-refractivity contribution in [3.05, 3.63) is 35.2 Å². The molecule has 2 aromatic rings. The van der Waals surface area contributed by atoms with E-state index in [1.807, 2.05) is 0 Å². The van der Waals surface area contributed by atoms with Gasteiger partial charge in [0.15, 0.2) is 17.6 Å². The van der Waals surface area contributed by atoms with Crippen molar-refractivity contribution in [1.82, 2.24) is 20.4 Å². The highest BCUT2D eigenvalue weighted by atomic mass is 19.4. The molecule has 3 heterocycles. The number of amides is 1. The van der Waals surface area contributed by atoms with E-state index in [4.69, 9.17) is 14.0 Å². The smallest absolute Gasteiger partial charge is 0.425 e. The predicted molar refractivity (Wildman–Crippen MR) is 101 cm³/mol. The van der Waals surface area contributed by atoms with Crippen LogP contribution in [0.3, 0.4) is 0 Å². The summed E-state index contributed by atoms with van der Waals surface area (Å²) >= 11 is 0. The van der Waals surface area contributed by atoms with E-state index in [2.05, 4.69) is 20.4 Å². The van der Waals surface area contributed by atoms with E-state index in [9.17, 15) is 22.4 Å². The number of carbonyl (C=O) groups is 1. The van der Waals surface area contributed by atoms with Gasteiger partial charge in [0.2, 0.25) is 5.89 Å². The molecule has 0 bridgehead atoms. The van der Waals surface area contributed by atoms with Gasteiger partial charge in [-0.05, 0) is 32.6 Å². The number of nitrogens with zero attached hydrogens (tertiary/aromatic N) is 3. The zero-order valence-corrected chi connectivity index (χ0v) is 17.6. The normalized spacial score (nSPS) is 20.7. The molecule has 2 fully saturated rings. The number of pyridine rings is 1. The molecule has 1 aliphatic carbocycles. The molecule has 0 aromatic carbocycles. The van der Waals surface area contributed by atoms with Crippen LogP contribution in [-0.4, -0.2) is 46.5 Å². The SMILES string of the molecule is Cc1nc(C(C)(NC(=O)c2cc(O[C@@H](C)C(F)(F)F)c(C3(F)COC3)cn2)C2CC2)no1. The number of nitrogens with one attached hydrogen (secondary N) is 1. The van der Waals surface area contributed by atoms with Crippen molar-refractivity contribution in [2.24, 2.45) is 5.92 Å². The predicted octanol–water partition coefficient (Wildman–Crippen LogP) is 3.35. The van der Waals surface area contributed by atoms with Crippen molar-refractivity contribution >= 4 is 5.91 Å². The Bertz CT molecular complexity index is 1020. The molecule has 174 valence electrons. The van der Waals surface area contributed by atoms with E-state index < -0.39 is 35.1 Å². The van der Waals surface area contributed by atoms with Gasteiger partial charge in [-0.2, -0.15) is 18.2 Å². The lowest BCUT2D eigenvalue weighted by Crippen LogP contribution is -2.46. The number of rotatable bonds is 7. The molecule has 1 unspecified atom stereocenters. The number of aryl methyl sites for hydroxylation is 1. The van der Waals surface area contributed by atoms with Crippen molar-refractivity contribution in [3.8, 4) is 5.75 Å². The van der Waals surface area contributed by atoms with Gasteiger partial charge in [0.05, 0.1) is 18.8 Å². The Balaban J connectivity index is 1.64. The first-order valence-corrected chi connectivity index (χ1v) is 10.1. The van der Waals surface area contributed by atoms with Crippen LogP contribution in [0.25, 0.3) is 0 Å². The minimum atomic E-state index is -4.68. The third kappa shape index (κ3) is 4.15. The van der Waals surface area contributed by atoms with Gasteiger partial charge in [-0.3, -0.25) is 9.78 Å². The van der Waals surface area contributed by atoms with Gasteiger partial charge in [0.1, 0.15) is 17.0 Å². The second kappa shape index (κ2) is 7.68. The number of alkyl halides is 4. The zero-order chi connectivity index (χ0) is 23.3. The highest BCUT2D eigenvalue weighted by molar-refractivity contribution is 5.93. The van der Waals surface area contributed by atoms with Crippen molar-refractivity contribution < 1.29 is 36.4 Å². The lowest BCUT2D eigenvalue weighted by Gasteiger charge is -2.35. The van der Waals surface area contributed by atoms with E-state index >= 15 is 0 Å². The lowest BCUT2D eigenvalue weighted by atomic mass is 9.93. The van der Waals surface area contributed by atoms with Gasteiger partial charge in [-0.15, -0.1) is 0 Å². The van der Waals surface area contributed by atoms with Gasteiger partial charge >= 0.3 is 6.18 Å². The average molecular weight is 458 g/mol. The number of halogens is 4. The van der Waals surface area contributed by atoms with Crippen LogP contribution in [0.15, 0.2) is 16.8 Å². The van der Waals surface area contributed by atoms with Crippen LogP contribution < -0.4 is 10.1 Å². The minimum absolute atomic E-state index is 0.0601. The monoisotopic (exact) mass is 458 g/mol. The fourth-order valence-corrected chi connectivity index (χ4v) is 3.50.